The van der Waals surface area contributed by atoms with E-state index in [1.807, 2.05) is 12.2 Å². The molecule has 1 aromatic rings. The standard InChI is InChI=1S/C14H16FNO2/c1-18-14-5-2-9(6-12(14)15)7-13(17)10-3-4-11(16)8-10/h2-6,10-11H,7-8,16H2,1H3. The van der Waals surface area contributed by atoms with Crippen LogP contribution in [-0.2, 0) is 11.2 Å². The second-order valence-electron chi connectivity index (χ2n) is 4.50. The number of benzene rings is 1. The first kappa shape index (κ1) is 12.8. The molecule has 2 N–H and O–H groups in total. The molecule has 2 unspecified atom stereocenters. The number of carbonyl (C=O) groups is 1. The Morgan fingerprint density at radius 1 is 1.50 bits per heavy atom. The van der Waals surface area contributed by atoms with E-state index in [-0.39, 0.29) is 29.9 Å². The molecule has 0 amide bonds. The Hall–Kier alpha value is -1.68. The smallest absolute Gasteiger partial charge is 0.165 e. The third-order valence-corrected chi connectivity index (χ3v) is 3.12. The summed E-state index contributed by atoms with van der Waals surface area (Å²) in [5.74, 6) is -0.315. The van der Waals surface area contributed by atoms with Crippen molar-refractivity contribution in [1.29, 1.82) is 0 Å². The summed E-state index contributed by atoms with van der Waals surface area (Å²) < 4.78 is 18.3. The van der Waals surface area contributed by atoms with E-state index in [2.05, 4.69) is 0 Å². The summed E-state index contributed by atoms with van der Waals surface area (Å²) in [5.41, 5.74) is 6.36. The van der Waals surface area contributed by atoms with Gasteiger partial charge in [-0.2, -0.15) is 0 Å². The third kappa shape index (κ3) is 2.76. The molecule has 1 aliphatic rings. The Kier molecular flexibility index (Phi) is 3.77. The first-order valence-electron chi connectivity index (χ1n) is 5.89. The van der Waals surface area contributed by atoms with E-state index in [0.717, 1.165) is 0 Å². The molecule has 0 radical (unpaired) electrons. The lowest BCUT2D eigenvalue weighted by Gasteiger charge is -2.09. The van der Waals surface area contributed by atoms with Crippen LogP contribution in [-0.4, -0.2) is 18.9 Å². The maximum atomic E-state index is 13.5. The largest absolute Gasteiger partial charge is 0.494 e. The van der Waals surface area contributed by atoms with Crippen LogP contribution in [0.2, 0.25) is 0 Å². The van der Waals surface area contributed by atoms with Crippen molar-refractivity contribution >= 4 is 5.78 Å². The lowest BCUT2D eigenvalue weighted by Crippen LogP contribution is -2.20. The van der Waals surface area contributed by atoms with Crippen LogP contribution in [0.1, 0.15) is 12.0 Å². The van der Waals surface area contributed by atoms with E-state index < -0.39 is 5.82 Å². The van der Waals surface area contributed by atoms with Crippen LogP contribution in [0.3, 0.4) is 0 Å². The van der Waals surface area contributed by atoms with Crippen molar-refractivity contribution in [3.63, 3.8) is 0 Å². The quantitative estimate of drug-likeness (QED) is 0.828. The van der Waals surface area contributed by atoms with E-state index in [1.54, 1.807) is 6.07 Å². The van der Waals surface area contributed by atoms with Gasteiger partial charge in [-0.25, -0.2) is 4.39 Å². The topological polar surface area (TPSA) is 52.3 Å². The van der Waals surface area contributed by atoms with Gasteiger partial charge in [0, 0.05) is 18.4 Å². The molecular weight excluding hydrogens is 233 g/mol. The van der Waals surface area contributed by atoms with Gasteiger partial charge in [0.1, 0.15) is 5.78 Å². The summed E-state index contributed by atoms with van der Waals surface area (Å²) in [6.45, 7) is 0. The molecule has 96 valence electrons. The number of Topliss-reactive ketones (excluding diaryl/α,β-unsaturated/α-hetero) is 1. The predicted molar refractivity (Wildman–Crippen MR) is 66.9 cm³/mol. The molecule has 0 bridgehead atoms. The van der Waals surface area contributed by atoms with E-state index in [1.165, 1.54) is 19.2 Å². The monoisotopic (exact) mass is 249 g/mol. The second kappa shape index (κ2) is 5.31. The Balaban J connectivity index is 2.03. The molecule has 0 aromatic heterocycles. The van der Waals surface area contributed by atoms with Crippen molar-refractivity contribution in [2.75, 3.05) is 7.11 Å². The van der Waals surface area contributed by atoms with Crippen LogP contribution in [0.4, 0.5) is 4.39 Å². The molecule has 2 atom stereocenters. The van der Waals surface area contributed by atoms with Gasteiger partial charge in [0.15, 0.2) is 11.6 Å². The number of hydrogen-bond donors (Lipinski definition) is 1. The van der Waals surface area contributed by atoms with Gasteiger partial charge in [0.25, 0.3) is 0 Å². The number of hydrogen-bond acceptors (Lipinski definition) is 3. The number of rotatable bonds is 4. The van der Waals surface area contributed by atoms with Gasteiger partial charge in [-0.15, -0.1) is 0 Å². The molecule has 0 spiro atoms. The minimum absolute atomic E-state index is 0.0356. The number of nitrogens with two attached hydrogens (primary N) is 1. The summed E-state index contributed by atoms with van der Waals surface area (Å²) >= 11 is 0. The van der Waals surface area contributed by atoms with Crippen molar-refractivity contribution in [3.05, 3.63) is 41.7 Å². The van der Waals surface area contributed by atoms with Crippen molar-refractivity contribution < 1.29 is 13.9 Å². The Labute approximate surface area is 105 Å². The number of methoxy groups -OCH3 is 1. The zero-order valence-electron chi connectivity index (χ0n) is 10.2. The minimum atomic E-state index is -0.443. The summed E-state index contributed by atoms with van der Waals surface area (Å²) in [6, 6.07) is 4.55. The molecular formula is C14H16FNO2. The van der Waals surface area contributed by atoms with Gasteiger partial charge in [-0.3, -0.25) is 4.79 Å². The Bertz CT molecular complexity index is 485. The fourth-order valence-corrected chi connectivity index (χ4v) is 2.12. The Morgan fingerprint density at radius 3 is 2.83 bits per heavy atom. The SMILES string of the molecule is COc1ccc(CC(=O)C2C=CC(N)C2)cc1F. The number of carbonyl (C=O) groups excluding carboxylic acids is 1. The zero-order valence-corrected chi connectivity index (χ0v) is 10.2. The molecule has 0 fully saturated rings. The average Bonchev–Trinajstić information content (AvgIpc) is 2.76. The molecule has 0 aliphatic heterocycles. The normalized spacial score (nSPS) is 22.2. The van der Waals surface area contributed by atoms with E-state index >= 15 is 0 Å². The molecule has 3 nitrogen and oxygen atoms in total. The molecule has 0 saturated heterocycles. The number of halogens is 1. The van der Waals surface area contributed by atoms with Gasteiger partial charge < -0.3 is 10.5 Å². The van der Waals surface area contributed by atoms with Gasteiger partial charge >= 0.3 is 0 Å². The molecule has 4 heteroatoms. The van der Waals surface area contributed by atoms with E-state index in [0.29, 0.717) is 12.0 Å². The molecule has 2 rings (SSSR count). The highest BCUT2D eigenvalue weighted by Gasteiger charge is 2.22. The van der Waals surface area contributed by atoms with Gasteiger partial charge in [0.05, 0.1) is 7.11 Å². The number of ether oxygens (including phenoxy) is 1. The van der Waals surface area contributed by atoms with Crippen LogP contribution in [0.15, 0.2) is 30.4 Å². The van der Waals surface area contributed by atoms with Crippen LogP contribution in [0.25, 0.3) is 0 Å². The molecule has 1 aromatic carbocycles. The first-order valence-corrected chi connectivity index (χ1v) is 5.89. The third-order valence-electron chi connectivity index (χ3n) is 3.12. The van der Waals surface area contributed by atoms with E-state index in [4.69, 9.17) is 10.5 Å². The van der Waals surface area contributed by atoms with Crippen LogP contribution >= 0.6 is 0 Å². The second-order valence-corrected chi connectivity index (χ2v) is 4.50. The van der Waals surface area contributed by atoms with Gasteiger partial charge in [0.2, 0.25) is 0 Å². The number of allylic oxidation sites excluding steroid dienone is 1. The molecule has 0 saturated carbocycles. The zero-order chi connectivity index (χ0) is 13.1. The van der Waals surface area contributed by atoms with Crippen molar-refractivity contribution in [2.45, 2.75) is 18.9 Å². The highest BCUT2D eigenvalue weighted by molar-refractivity contribution is 5.85. The lowest BCUT2D eigenvalue weighted by molar-refractivity contribution is -0.120. The van der Waals surface area contributed by atoms with E-state index in [9.17, 15) is 9.18 Å². The summed E-state index contributed by atoms with van der Waals surface area (Å²) in [4.78, 5) is 12.0. The fourth-order valence-electron chi connectivity index (χ4n) is 2.12. The highest BCUT2D eigenvalue weighted by atomic mass is 19.1. The number of ketones is 1. The minimum Gasteiger partial charge on any atom is -0.494 e. The summed E-state index contributed by atoms with van der Waals surface area (Å²) in [6.07, 6.45) is 4.56. The molecule has 18 heavy (non-hydrogen) atoms. The lowest BCUT2D eigenvalue weighted by atomic mass is 9.97. The first-order chi connectivity index (χ1) is 8.60. The van der Waals surface area contributed by atoms with Crippen molar-refractivity contribution in [1.82, 2.24) is 0 Å². The maximum absolute atomic E-state index is 13.5. The average molecular weight is 249 g/mol. The van der Waals surface area contributed by atoms with Crippen LogP contribution in [0, 0.1) is 11.7 Å². The molecule has 1 aliphatic carbocycles. The summed E-state index contributed by atoms with van der Waals surface area (Å²) in [5, 5.41) is 0. The maximum Gasteiger partial charge on any atom is 0.165 e. The van der Waals surface area contributed by atoms with Gasteiger partial charge in [-0.05, 0) is 24.1 Å². The Morgan fingerprint density at radius 2 is 2.28 bits per heavy atom. The van der Waals surface area contributed by atoms with Crippen molar-refractivity contribution in [2.24, 2.45) is 11.7 Å². The molecule has 0 heterocycles. The predicted octanol–water partition coefficient (Wildman–Crippen LogP) is 1.85. The highest BCUT2D eigenvalue weighted by Crippen LogP contribution is 2.22. The van der Waals surface area contributed by atoms with Crippen LogP contribution in [0.5, 0.6) is 5.75 Å². The van der Waals surface area contributed by atoms with Gasteiger partial charge in [-0.1, -0.05) is 18.2 Å². The fraction of sp³-hybridized carbons (Fsp3) is 0.357. The van der Waals surface area contributed by atoms with Crippen molar-refractivity contribution in [3.8, 4) is 5.75 Å². The van der Waals surface area contributed by atoms with Crippen LogP contribution < -0.4 is 10.5 Å². The summed E-state index contributed by atoms with van der Waals surface area (Å²) in [7, 11) is 1.41.